The van der Waals surface area contributed by atoms with Crippen LogP contribution in [0.15, 0.2) is 12.3 Å². The van der Waals surface area contributed by atoms with Crippen LogP contribution in [0.25, 0.3) is 0 Å². The SMILES string of the molecule is Cc1cnc(Cl)c(OCC2CC2)c1. The molecule has 1 aliphatic rings. The van der Waals surface area contributed by atoms with E-state index >= 15 is 0 Å². The average molecular weight is 198 g/mol. The Morgan fingerprint density at radius 2 is 2.38 bits per heavy atom. The van der Waals surface area contributed by atoms with Crippen molar-refractivity contribution in [2.24, 2.45) is 5.92 Å². The summed E-state index contributed by atoms with van der Waals surface area (Å²) in [5.74, 6) is 1.46. The summed E-state index contributed by atoms with van der Waals surface area (Å²) in [6.45, 7) is 2.76. The van der Waals surface area contributed by atoms with Gasteiger partial charge in [-0.3, -0.25) is 0 Å². The van der Waals surface area contributed by atoms with Crippen LogP contribution >= 0.6 is 11.6 Å². The molecule has 2 rings (SSSR count). The van der Waals surface area contributed by atoms with E-state index < -0.39 is 0 Å². The number of hydrogen-bond acceptors (Lipinski definition) is 2. The Morgan fingerprint density at radius 1 is 1.62 bits per heavy atom. The molecule has 1 aromatic heterocycles. The van der Waals surface area contributed by atoms with Gasteiger partial charge in [-0.1, -0.05) is 11.6 Å². The quantitative estimate of drug-likeness (QED) is 0.696. The fourth-order valence-electron chi connectivity index (χ4n) is 1.12. The van der Waals surface area contributed by atoms with Crippen LogP contribution in [0.3, 0.4) is 0 Å². The van der Waals surface area contributed by atoms with Gasteiger partial charge in [0.05, 0.1) is 6.61 Å². The highest BCUT2D eigenvalue weighted by Gasteiger charge is 2.22. The molecule has 0 radical (unpaired) electrons. The van der Waals surface area contributed by atoms with Crippen LogP contribution in [0.5, 0.6) is 5.75 Å². The maximum Gasteiger partial charge on any atom is 0.171 e. The zero-order chi connectivity index (χ0) is 9.26. The molecule has 1 fully saturated rings. The zero-order valence-electron chi connectivity index (χ0n) is 7.59. The molecule has 0 spiro atoms. The molecule has 1 heterocycles. The summed E-state index contributed by atoms with van der Waals surface area (Å²) in [5, 5.41) is 0.464. The van der Waals surface area contributed by atoms with E-state index in [1.807, 2.05) is 13.0 Å². The van der Waals surface area contributed by atoms with E-state index in [1.54, 1.807) is 6.20 Å². The zero-order valence-corrected chi connectivity index (χ0v) is 8.34. The predicted molar refractivity (Wildman–Crippen MR) is 52.2 cm³/mol. The summed E-state index contributed by atoms with van der Waals surface area (Å²) in [7, 11) is 0. The van der Waals surface area contributed by atoms with E-state index in [4.69, 9.17) is 16.3 Å². The first kappa shape index (κ1) is 8.82. The van der Waals surface area contributed by atoms with Crippen molar-refractivity contribution in [3.8, 4) is 5.75 Å². The largest absolute Gasteiger partial charge is 0.490 e. The molecule has 0 aliphatic heterocycles. The maximum absolute atomic E-state index is 5.86. The van der Waals surface area contributed by atoms with Crippen LogP contribution in [-0.4, -0.2) is 11.6 Å². The van der Waals surface area contributed by atoms with E-state index in [0.717, 1.165) is 18.1 Å². The number of rotatable bonds is 3. The molecule has 1 saturated carbocycles. The van der Waals surface area contributed by atoms with Crippen LogP contribution in [0.1, 0.15) is 18.4 Å². The lowest BCUT2D eigenvalue weighted by atomic mass is 10.3. The molecular formula is C10H12ClNO. The molecule has 0 N–H and O–H groups in total. The number of aryl methyl sites for hydroxylation is 1. The second-order valence-electron chi connectivity index (χ2n) is 3.56. The Kier molecular flexibility index (Phi) is 2.40. The van der Waals surface area contributed by atoms with Crippen molar-refractivity contribution in [3.63, 3.8) is 0 Å². The standard InChI is InChI=1S/C10H12ClNO/c1-7-4-9(10(11)12-5-7)13-6-8-2-3-8/h4-5,8H,2-3,6H2,1H3. The highest BCUT2D eigenvalue weighted by molar-refractivity contribution is 6.30. The Morgan fingerprint density at radius 3 is 3.08 bits per heavy atom. The number of aromatic nitrogens is 1. The van der Waals surface area contributed by atoms with Crippen molar-refractivity contribution < 1.29 is 4.74 Å². The van der Waals surface area contributed by atoms with Crippen LogP contribution in [0.2, 0.25) is 5.15 Å². The van der Waals surface area contributed by atoms with Gasteiger partial charge < -0.3 is 4.74 Å². The first-order chi connectivity index (χ1) is 6.25. The topological polar surface area (TPSA) is 22.1 Å². The molecule has 0 bridgehead atoms. The number of halogens is 1. The minimum Gasteiger partial charge on any atom is -0.490 e. The second kappa shape index (κ2) is 3.54. The van der Waals surface area contributed by atoms with E-state index in [2.05, 4.69) is 4.98 Å². The van der Waals surface area contributed by atoms with Gasteiger partial charge in [-0.05, 0) is 37.3 Å². The van der Waals surface area contributed by atoms with Crippen molar-refractivity contribution in [2.75, 3.05) is 6.61 Å². The Labute approximate surface area is 82.9 Å². The van der Waals surface area contributed by atoms with E-state index in [1.165, 1.54) is 12.8 Å². The lowest BCUT2D eigenvalue weighted by Gasteiger charge is -2.06. The molecule has 0 atom stereocenters. The van der Waals surface area contributed by atoms with Gasteiger partial charge in [-0.2, -0.15) is 0 Å². The van der Waals surface area contributed by atoms with E-state index in [-0.39, 0.29) is 0 Å². The maximum atomic E-state index is 5.86. The summed E-state index contributed by atoms with van der Waals surface area (Å²) < 4.78 is 5.55. The summed E-state index contributed by atoms with van der Waals surface area (Å²) >= 11 is 5.86. The number of hydrogen-bond donors (Lipinski definition) is 0. The van der Waals surface area contributed by atoms with Crippen molar-refractivity contribution >= 4 is 11.6 Å². The normalized spacial score (nSPS) is 15.8. The molecule has 1 aromatic rings. The minimum absolute atomic E-state index is 0.464. The second-order valence-corrected chi connectivity index (χ2v) is 3.91. The van der Waals surface area contributed by atoms with Gasteiger partial charge in [0, 0.05) is 6.20 Å². The molecule has 0 saturated heterocycles. The third-order valence-electron chi connectivity index (χ3n) is 2.12. The third-order valence-corrected chi connectivity index (χ3v) is 2.40. The molecular weight excluding hydrogens is 186 g/mol. The van der Waals surface area contributed by atoms with Crippen LogP contribution in [-0.2, 0) is 0 Å². The minimum atomic E-state index is 0.464. The molecule has 70 valence electrons. The van der Waals surface area contributed by atoms with Gasteiger partial charge in [0.2, 0.25) is 0 Å². The van der Waals surface area contributed by atoms with Gasteiger partial charge in [0.15, 0.2) is 10.9 Å². The molecule has 3 heteroatoms. The molecule has 13 heavy (non-hydrogen) atoms. The third kappa shape index (κ3) is 2.34. The number of nitrogens with zero attached hydrogens (tertiary/aromatic N) is 1. The smallest absolute Gasteiger partial charge is 0.171 e. The lowest BCUT2D eigenvalue weighted by molar-refractivity contribution is 0.298. The van der Waals surface area contributed by atoms with E-state index in [9.17, 15) is 0 Å². The van der Waals surface area contributed by atoms with Crippen molar-refractivity contribution in [1.29, 1.82) is 0 Å². The molecule has 0 amide bonds. The fourth-order valence-corrected chi connectivity index (χ4v) is 1.28. The predicted octanol–water partition coefficient (Wildman–Crippen LogP) is 2.83. The highest BCUT2D eigenvalue weighted by Crippen LogP contribution is 2.31. The lowest BCUT2D eigenvalue weighted by Crippen LogP contribution is -2.00. The first-order valence-corrected chi connectivity index (χ1v) is 4.88. The van der Waals surface area contributed by atoms with Crippen LogP contribution in [0, 0.1) is 12.8 Å². The summed E-state index contributed by atoms with van der Waals surface area (Å²) in [6.07, 6.45) is 4.32. The Hall–Kier alpha value is -0.760. The van der Waals surface area contributed by atoms with Crippen LogP contribution < -0.4 is 4.74 Å². The Balaban J connectivity index is 2.03. The van der Waals surface area contributed by atoms with E-state index in [0.29, 0.717) is 10.9 Å². The van der Waals surface area contributed by atoms with Crippen molar-refractivity contribution in [3.05, 3.63) is 23.0 Å². The molecule has 0 unspecified atom stereocenters. The molecule has 2 nitrogen and oxygen atoms in total. The summed E-state index contributed by atoms with van der Waals surface area (Å²) in [5.41, 5.74) is 1.08. The van der Waals surface area contributed by atoms with Gasteiger partial charge in [-0.15, -0.1) is 0 Å². The summed E-state index contributed by atoms with van der Waals surface area (Å²) in [4.78, 5) is 4.02. The van der Waals surface area contributed by atoms with Gasteiger partial charge >= 0.3 is 0 Å². The van der Waals surface area contributed by atoms with Gasteiger partial charge in [0.1, 0.15) is 0 Å². The fraction of sp³-hybridized carbons (Fsp3) is 0.500. The Bertz CT molecular complexity index is 310. The van der Waals surface area contributed by atoms with Gasteiger partial charge in [0.25, 0.3) is 0 Å². The molecule has 1 aliphatic carbocycles. The van der Waals surface area contributed by atoms with Crippen LogP contribution in [0.4, 0.5) is 0 Å². The van der Waals surface area contributed by atoms with Gasteiger partial charge in [-0.25, -0.2) is 4.98 Å². The summed E-state index contributed by atoms with van der Waals surface area (Å²) in [6, 6.07) is 1.93. The van der Waals surface area contributed by atoms with Crippen molar-refractivity contribution in [1.82, 2.24) is 4.98 Å². The monoisotopic (exact) mass is 197 g/mol. The first-order valence-electron chi connectivity index (χ1n) is 4.50. The molecule has 0 aromatic carbocycles. The number of ether oxygens (including phenoxy) is 1. The van der Waals surface area contributed by atoms with Crippen molar-refractivity contribution in [2.45, 2.75) is 19.8 Å². The number of pyridine rings is 1. The average Bonchev–Trinajstić information content (AvgIpc) is 2.90. The highest BCUT2D eigenvalue weighted by atomic mass is 35.5.